The molecule has 0 saturated heterocycles. The highest BCUT2D eigenvalue weighted by Gasteiger charge is 2.20. The zero-order valence-corrected chi connectivity index (χ0v) is 11.1. The molecule has 5 heteroatoms. The van der Waals surface area contributed by atoms with Crippen molar-refractivity contribution in [2.24, 2.45) is 0 Å². The molecule has 1 aromatic carbocycles. The number of carbonyl (C=O) groups is 1. The molecule has 0 bridgehead atoms. The number of hydrogen-bond acceptors (Lipinski definition) is 5. The number of esters is 1. The second kappa shape index (κ2) is 5.56. The van der Waals surface area contributed by atoms with E-state index in [9.17, 15) is 4.79 Å². The molecule has 0 atom stereocenters. The van der Waals surface area contributed by atoms with E-state index in [4.69, 9.17) is 13.9 Å². The first-order valence-electron chi connectivity index (χ1n) is 5.95. The molecule has 1 heterocycles. The molecule has 0 amide bonds. The molecule has 2 aromatic rings. The van der Waals surface area contributed by atoms with Gasteiger partial charge in [-0.05, 0) is 26.0 Å². The predicted molar refractivity (Wildman–Crippen MR) is 69.2 cm³/mol. The summed E-state index contributed by atoms with van der Waals surface area (Å²) in [4.78, 5) is 15.9. The minimum atomic E-state index is -0.482. The van der Waals surface area contributed by atoms with Crippen molar-refractivity contribution in [3.05, 3.63) is 35.7 Å². The number of aromatic nitrogens is 1. The molecule has 100 valence electrons. The number of methoxy groups -OCH3 is 1. The molecular formula is C14H15NO4. The molecule has 5 nitrogen and oxygen atoms in total. The molecule has 0 fully saturated rings. The SMILES string of the molecule is CCOC(=O)c1nc(-c2ccccc2OC)oc1C. The van der Waals surface area contributed by atoms with Gasteiger partial charge in [0.15, 0.2) is 5.69 Å². The summed E-state index contributed by atoms with van der Waals surface area (Å²) in [6, 6.07) is 7.32. The van der Waals surface area contributed by atoms with Crippen molar-refractivity contribution < 1.29 is 18.7 Å². The van der Waals surface area contributed by atoms with Crippen molar-refractivity contribution >= 4 is 5.97 Å². The number of benzene rings is 1. The maximum Gasteiger partial charge on any atom is 0.360 e. The molecule has 0 aliphatic carbocycles. The third kappa shape index (κ3) is 2.59. The third-order valence-electron chi connectivity index (χ3n) is 2.60. The first kappa shape index (κ1) is 13.1. The fraction of sp³-hybridized carbons (Fsp3) is 0.286. The van der Waals surface area contributed by atoms with E-state index in [1.807, 2.05) is 18.2 Å². The zero-order chi connectivity index (χ0) is 13.8. The molecule has 0 saturated carbocycles. The van der Waals surface area contributed by atoms with Crippen LogP contribution in [0.2, 0.25) is 0 Å². The van der Waals surface area contributed by atoms with E-state index < -0.39 is 5.97 Å². The summed E-state index contributed by atoms with van der Waals surface area (Å²) in [5, 5.41) is 0. The summed E-state index contributed by atoms with van der Waals surface area (Å²) >= 11 is 0. The smallest absolute Gasteiger partial charge is 0.360 e. The Kier molecular flexibility index (Phi) is 3.85. The van der Waals surface area contributed by atoms with Crippen LogP contribution in [-0.4, -0.2) is 24.7 Å². The summed E-state index contributed by atoms with van der Waals surface area (Å²) in [6.45, 7) is 3.72. The largest absolute Gasteiger partial charge is 0.496 e. The second-order valence-corrected chi connectivity index (χ2v) is 3.84. The van der Waals surface area contributed by atoms with E-state index in [0.717, 1.165) is 0 Å². The van der Waals surface area contributed by atoms with E-state index >= 15 is 0 Å². The minimum absolute atomic E-state index is 0.197. The van der Waals surface area contributed by atoms with E-state index in [1.165, 1.54) is 0 Å². The lowest BCUT2D eigenvalue weighted by molar-refractivity contribution is 0.0518. The molecule has 0 aliphatic rings. The van der Waals surface area contributed by atoms with Gasteiger partial charge in [-0.15, -0.1) is 0 Å². The number of oxazole rings is 1. The van der Waals surface area contributed by atoms with E-state index in [2.05, 4.69) is 4.98 Å². The van der Waals surface area contributed by atoms with Crippen LogP contribution in [0.5, 0.6) is 5.75 Å². The van der Waals surface area contributed by atoms with Gasteiger partial charge < -0.3 is 13.9 Å². The van der Waals surface area contributed by atoms with Crippen LogP contribution in [-0.2, 0) is 4.74 Å². The average molecular weight is 261 g/mol. The minimum Gasteiger partial charge on any atom is -0.496 e. The number of nitrogens with zero attached hydrogens (tertiary/aromatic N) is 1. The van der Waals surface area contributed by atoms with Crippen LogP contribution in [0.3, 0.4) is 0 Å². The van der Waals surface area contributed by atoms with Gasteiger partial charge in [-0.2, -0.15) is 0 Å². The molecule has 0 unspecified atom stereocenters. The number of ether oxygens (including phenoxy) is 2. The highest BCUT2D eigenvalue weighted by Crippen LogP contribution is 2.30. The predicted octanol–water partition coefficient (Wildman–Crippen LogP) is 2.84. The van der Waals surface area contributed by atoms with E-state index in [-0.39, 0.29) is 5.69 Å². The fourth-order valence-corrected chi connectivity index (χ4v) is 1.72. The standard InChI is InChI=1S/C14H15NO4/c1-4-18-14(16)12-9(2)19-13(15-12)10-7-5-6-8-11(10)17-3/h5-8H,4H2,1-3H3. The van der Waals surface area contributed by atoms with Crippen molar-refractivity contribution in [3.8, 4) is 17.2 Å². The third-order valence-corrected chi connectivity index (χ3v) is 2.60. The average Bonchev–Trinajstić information content (AvgIpc) is 2.81. The van der Waals surface area contributed by atoms with Crippen LogP contribution in [0, 0.1) is 6.92 Å². The van der Waals surface area contributed by atoms with Crippen LogP contribution < -0.4 is 4.74 Å². The van der Waals surface area contributed by atoms with Crippen LogP contribution in [0.15, 0.2) is 28.7 Å². The fourth-order valence-electron chi connectivity index (χ4n) is 1.72. The highest BCUT2D eigenvalue weighted by atomic mass is 16.5. The van der Waals surface area contributed by atoms with Crippen molar-refractivity contribution in [2.75, 3.05) is 13.7 Å². The van der Waals surface area contributed by atoms with Gasteiger partial charge in [-0.3, -0.25) is 0 Å². The van der Waals surface area contributed by atoms with Crippen molar-refractivity contribution in [1.82, 2.24) is 4.98 Å². The molecule has 1 aromatic heterocycles. The van der Waals surface area contributed by atoms with Gasteiger partial charge in [0.2, 0.25) is 5.89 Å². The van der Waals surface area contributed by atoms with Gasteiger partial charge in [-0.25, -0.2) is 9.78 Å². The number of hydrogen-bond donors (Lipinski definition) is 0. The number of rotatable bonds is 4. The second-order valence-electron chi connectivity index (χ2n) is 3.84. The summed E-state index contributed by atoms with van der Waals surface area (Å²) in [5.41, 5.74) is 0.895. The van der Waals surface area contributed by atoms with Gasteiger partial charge in [0.05, 0.1) is 19.3 Å². The van der Waals surface area contributed by atoms with Gasteiger partial charge in [0.25, 0.3) is 0 Å². The lowest BCUT2D eigenvalue weighted by Gasteiger charge is -2.03. The van der Waals surface area contributed by atoms with Crippen LogP contribution in [0.25, 0.3) is 11.5 Å². The summed E-state index contributed by atoms with van der Waals surface area (Å²) in [6.07, 6.45) is 0. The Balaban J connectivity index is 2.42. The maximum absolute atomic E-state index is 11.7. The van der Waals surface area contributed by atoms with Gasteiger partial charge in [0.1, 0.15) is 11.5 Å². The van der Waals surface area contributed by atoms with Crippen LogP contribution >= 0.6 is 0 Å². The summed E-state index contributed by atoms with van der Waals surface area (Å²) < 4.78 is 15.7. The van der Waals surface area contributed by atoms with Crippen LogP contribution in [0.4, 0.5) is 0 Å². The molecule has 0 radical (unpaired) electrons. The lowest BCUT2D eigenvalue weighted by atomic mass is 10.2. The Morgan fingerprint density at radius 3 is 2.79 bits per heavy atom. The van der Waals surface area contributed by atoms with Gasteiger partial charge in [0, 0.05) is 0 Å². The normalized spacial score (nSPS) is 10.3. The molecular weight excluding hydrogens is 246 g/mol. The Hall–Kier alpha value is -2.30. The number of para-hydroxylation sites is 1. The van der Waals surface area contributed by atoms with Crippen molar-refractivity contribution in [2.45, 2.75) is 13.8 Å². The Labute approximate surface area is 111 Å². The van der Waals surface area contributed by atoms with Crippen molar-refractivity contribution in [1.29, 1.82) is 0 Å². The number of aryl methyl sites for hydroxylation is 1. The highest BCUT2D eigenvalue weighted by molar-refractivity contribution is 5.89. The van der Waals surface area contributed by atoms with E-state index in [0.29, 0.717) is 29.6 Å². The summed E-state index contributed by atoms with van der Waals surface area (Å²) in [5.74, 6) is 0.932. The topological polar surface area (TPSA) is 61.6 Å². The molecule has 0 spiro atoms. The quantitative estimate of drug-likeness (QED) is 0.792. The Morgan fingerprint density at radius 1 is 1.37 bits per heavy atom. The van der Waals surface area contributed by atoms with Crippen molar-refractivity contribution in [3.63, 3.8) is 0 Å². The molecule has 0 N–H and O–H groups in total. The molecule has 2 rings (SSSR count). The van der Waals surface area contributed by atoms with Crippen LogP contribution in [0.1, 0.15) is 23.2 Å². The maximum atomic E-state index is 11.7. The van der Waals surface area contributed by atoms with E-state index in [1.54, 1.807) is 27.0 Å². The lowest BCUT2D eigenvalue weighted by Crippen LogP contribution is -2.06. The number of carbonyl (C=O) groups excluding carboxylic acids is 1. The monoisotopic (exact) mass is 261 g/mol. The Bertz CT molecular complexity index is 589. The molecule has 0 aliphatic heterocycles. The van der Waals surface area contributed by atoms with Gasteiger partial charge >= 0.3 is 5.97 Å². The van der Waals surface area contributed by atoms with Gasteiger partial charge in [-0.1, -0.05) is 12.1 Å². The zero-order valence-electron chi connectivity index (χ0n) is 11.1. The molecule has 19 heavy (non-hydrogen) atoms. The first-order chi connectivity index (χ1) is 9.17. The Morgan fingerprint density at radius 2 is 2.11 bits per heavy atom. The first-order valence-corrected chi connectivity index (χ1v) is 5.95. The summed E-state index contributed by atoms with van der Waals surface area (Å²) in [7, 11) is 1.57.